The van der Waals surface area contributed by atoms with E-state index in [0.29, 0.717) is 18.4 Å². The van der Waals surface area contributed by atoms with Gasteiger partial charge in [-0.15, -0.1) is 16.7 Å². The Hall–Kier alpha value is -0.900. The summed E-state index contributed by atoms with van der Waals surface area (Å²) in [6.07, 6.45) is 3.09. The van der Waals surface area contributed by atoms with Crippen molar-refractivity contribution in [2.75, 3.05) is 17.7 Å². The third kappa shape index (κ3) is 2.14. The summed E-state index contributed by atoms with van der Waals surface area (Å²) in [6, 6.07) is 0. The molecule has 1 aromatic rings. The maximum atomic E-state index is 5.41. The van der Waals surface area contributed by atoms with E-state index in [4.69, 9.17) is 11.6 Å². The number of alkyl halides is 1. The highest BCUT2D eigenvalue weighted by molar-refractivity contribution is 6.18. The monoisotopic (exact) mass is 158 g/mol. The van der Waals surface area contributed by atoms with Gasteiger partial charge in [0.25, 0.3) is 0 Å². The second-order valence-corrected chi connectivity index (χ2v) is 1.96. The molecule has 0 unspecified atom stereocenters. The highest BCUT2D eigenvalue weighted by Gasteiger charge is 1.89. The first kappa shape index (κ1) is 7.21. The molecule has 0 amide bonds. The molecule has 0 atom stereocenters. The SMILES string of the molecule is ClCCNc1nccnn1. The van der Waals surface area contributed by atoms with Crippen molar-refractivity contribution in [2.24, 2.45) is 0 Å². The van der Waals surface area contributed by atoms with E-state index in [-0.39, 0.29) is 0 Å². The van der Waals surface area contributed by atoms with Gasteiger partial charge in [-0.3, -0.25) is 0 Å². The van der Waals surface area contributed by atoms with Crippen LogP contribution in [0.3, 0.4) is 0 Å². The Balaban J connectivity index is 2.43. The lowest BCUT2D eigenvalue weighted by Gasteiger charge is -1.97. The Labute approximate surface area is 63.6 Å². The van der Waals surface area contributed by atoms with Crippen molar-refractivity contribution < 1.29 is 0 Å². The predicted octanol–water partition coefficient (Wildman–Crippen LogP) is 0.522. The van der Waals surface area contributed by atoms with Crippen molar-refractivity contribution in [3.05, 3.63) is 12.4 Å². The first-order chi connectivity index (χ1) is 4.93. The average Bonchev–Trinajstić information content (AvgIpc) is 2.03. The van der Waals surface area contributed by atoms with E-state index in [1.807, 2.05) is 0 Å². The van der Waals surface area contributed by atoms with Gasteiger partial charge < -0.3 is 5.32 Å². The number of rotatable bonds is 3. The summed E-state index contributed by atoms with van der Waals surface area (Å²) in [5, 5.41) is 10.2. The summed E-state index contributed by atoms with van der Waals surface area (Å²) in [5.74, 6) is 1.06. The van der Waals surface area contributed by atoms with E-state index in [0.717, 1.165) is 0 Å². The van der Waals surface area contributed by atoms with E-state index in [9.17, 15) is 0 Å². The summed E-state index contributed by atoms with van der Waals surface area (Å²) < 4.78 is 0. The van der Waals surface area contributed by atoms with Crippen LogP contribution in [-0.2, 0) is 0 Å². The third-order valence-corrected chi connectivity index (χ3v) is 1.05. The van der Waals surface area contributed by atoms with E-state index < -0.39 is 0 Å². The van der Waals surface area contributed by atoms with Gasteiger partial charge in [-0.25, -0.2) is 4.98 Å². The van der Waals surface area contributed by atoms with Crippen LogP contribution < -0.4 is 5.32 Å². The Morgan fingerprint density at radius 2 is 2.40 bits per heavy atom. The molecule has 5 heteroatoms. The van der Waals surface area contributed by atoms with Crippen molar-refractivity contribution in [3.63, 3.8) is 0 Å². The fraction of sp³-hybridized carbons (Fsp3) is 0.400. The molecular formula is C5H7ClN4. The predicted molar refractivity (Wildman–Crippen MR) is 39.0 cm³/mol. The summed E-state index contributed by atoms with van der Waals surface area (Å²) in [6.45, 7) is 0.660. The smallest absolute Gasteiger partial charge is 0.242 e. The van der Waals surface area contributed by atoms with Gasteiger partial charge in [0.2, 0.25) is 5.95 Å². The standard InChI is InChI=1S/C5H7ClN4/c6-1-2-7-5-8-3-4-9-10-5/h3-4H,1-2H2,(H,7,8,10). The van der Waals surface area contributed by atoms with E-state index >= 15 is 0 Å². The second kappa shape index (κ2) is 4.00. The largest absolute Gasteiger partial charge is 0.352 e. The van der Waals surface area contributed by atoms with Crippen LogP contribution in [-0.4, -0.2) is 27.6 Å². The van der Waals surface area contributed by atoms with Gasteiger partial charge in [0.1, 0.15) is 0 Å². The fourth-order valence-electron chi connectivity index (χ4n) is 0.488. The molecular weight excluding hydrogens is 152 g/mol. The lowest BCUT2D eigenvalue weighted by molar-refractivity contribution is 0.956. The molecule has 0 aromatic carbocycles. The van der Waals surface area contributed by atoms with Gasteiger partial charge in [0.05, 0.1) is 12.4 Å². The molecule has 10 heavy (non-hydrogen) atoms. The van der Waals surface area contributed by atoms with Crippen LogP contribution in [0.4, 0.5) is 5.95 Å². The molecule has 0 fully saturated rings. The van der Waals surface area contributed by atoms with Gasteiger partial charge in [-0.05, 0) is 0 Å². The minimum atomic E-state index is 0.517. The Morgan fingerprint density at radius 1 is 1.50 bits per heavy atom. The number of halogens is 1. The molecule has 0 saturated heterocycles. The van der Waals surface area contributed by atoms with Gasteiger partial charge in [0.15, 0.2) is 0 Å². The summed E-state index contributed by atoms with van der Waals surface area (Å²) >= 11 is 5.41. The lowest BCUT2D eigenvalue weighted by Crippen LogP contribution is -2.06. The number of aromatic nitrogens is 3. The minimum absolute atomic E-state index is 0.517. The maximum absolute atomic E-state index is 5.41. The molecule has 0 bridgehead atoms. The molecule has 0 aliphatic rings. The van der Waals surface area contributed by atoms with Crippen LogP contribution in [0.25, 0.3) is 0 Å². The number of hydrogen-bond donors (Lipinski definition) is 1. The van der Waals surface area contributed by atoms with Gasteiger partial charge >= 0.3 is 0 Å². The maximum Gasteiger partial charge on any atom is 0.242 e. The molecule has 1 heterocycles. The fourth-order valence-corrected chi connectivity index (χ4v) is 0.582. The normalized spacial score (nSPS) is 9.30. The Kier molecular flexibility index (Phi) is 2.89. The number of nitrogens with one attached hydrogen (secondary N) is 1. The van der Waals surface area contributed by atoms with Crippen LogP contribution in [0.5, 0.6) is 0 Å². The van der Waals surface area contributed by atoms with E-state index in [1.165, 1.54) is 6.20 Å². The quantitative estimate of drug-likeness (QED) is 0.652. The van der Waals surface area contributed by atoms with Crippen LogP contribution in [0.1, 0.15) is 0 Å². The highest BCUT2D eigenvalue weighted by atomic mass is 35.5. The molecule has 1 aromatic heterocycles. The average molecular weight is 159 g/mol. The Bertz CT molecular complexity index is 178. The number of nitrogens with zero attached hydrogens (tertiary/aromatic N) is 3. The molecule has 0 saturated carbocycles. The first-order valence-electron chi connectivity index (χ1n) is 2.87. The molecule has 0 aliphatic heterocycles. The van der Waals surface area contributed by atoms with Crippen molar-refractivity contribution in [3.8, 4) is 0 Å². The van der Waals surface area contributed by atoms with E-state index in [2.05, 4.69) is 20.5 Å². The molecule has 1 rings (SSSR count). The topological polar surface area (TPSA) is 50.7 Å². The van der Waals surface area contributed by atoms with Crippen LogP contribution >= 0.6 is 11.6 Å². The molecule has 0 radical (unpaired) electrons. The zero-order valence-corrected chi connectivity index (χ0v) is 6.04. The number of hydrogen-bond acceptors (Lipinski definition) is 4. The summed E-state index contributed by atoms with van der Waals surface area (Å²) in [5.41, 5.74) is 0. The molecule has 4 nitrogen and oxygen atoms in total. The van der Waals surface area contributed by atoms with Crippen molar-refractivity contribution >= 4 is 17.5 Å². The molecule has 54 valence electrons. The van der Waals surface area contributed by atoms with Crippen LogP contribution in [0.2, 0.25) is 0 Å². The molecule has 0 spiro atoms. The highest BCUT2D eigenvalue weighted by Crippen LogP contribution is 1.89. The summed E-state index contributed by atoms with van der Waals surface area (Å²) in [4.78, 5) is 3.87. The minimum Gasteiger partial charge on any atom is -0.352 e. The van der Waals surface area contributed by atoms with Gasteiger partial charge in [-0.1, -0.05) is 0 Å². The molecule has 0 aliphatic carbocycles. The Morgan fingerprint density at radius 3 is 3.00 bits per heavy atom. The summed E-state index contributed by atoms with van der Waals surface area (Å²) in [7, 11) is 0. The van der Waals surface area contributed by atoms with Crippen LogP contribution in [0, 0.1) is 0 Å². The second-order valence-electron chi connectivity index (χ2n) is 1.58. The zero-order valence-electron chi connectivity index (χ0n) is 5.29. The zero-order chi connectivity index (χ0) is 7.23. The first-order valence-corrected chi connectivity index (χ1v) is 3.40. The van der Waals surface area contributed by atoms with Crippen LogP contribution in [0.15, 0.2) is 12.4 Å². The van der Waals surface area contributed by atoms with Crippen molar-refractivity contribution in [1.29, 1.82) is 0 Å². The van der Waals surface area contributed by atoms with E-state index in [1.54, 1.807) is 6.20 Å². The van der Waals surface area contributed by atoms with Gasteiger partial charge in [-0.2, -0.15) is 5.10 Å². The third-order valence-electron chi connectivity index (χ3n) is 0.860. The lowest BCUT2D eigenvalue weighted by atomic mass is 10.7. The van der Waals surface area contributed by atoms with Crippen molar-refractivity contribution in [1.82, 2.24) is 15.2 Å². The number of anilines is 1. The van der Waals surface area contributed by atoms with Crippen molar-refractivity contribution in [2.45, 2.75) is 0 Å². The molecule has 1 N–H and O–H groups in total. The van der Waals surface area contributed by atoms with Gasteiger partial charge in [0, 0.05) is 12.4 Å².